The van der Waals surface area contributed by atoms with Crippen molar-refractivity contribution in [2.75, 3.05) is 0 Å². The third kappa shape index (κ3) is 3.14. The topological polar surface area (TPSA) is 35.6 Å². The number of hydrogen-bond acceptors (Lipinski definition) is 3. The first-order valence-electron chi connectivity index (χ1n) is 9.32. The molecule has 2 heterocycles. The van der Waals surface area contributed by atoms with Crippen LogP contribution in [-0.2, 0) is 4.79 Å². The minimum absolute atomic E-state index is 0.120. The van der Waals surface area contributed by atoms with Crippen LogP contribution < -0.4 is 5.32 Å². The fourth-order valence-electron chi connectivity index (χ4n) is 4.37. The van der Waals surface area contributed by atoms with E-state index in [1.54, 1.807) is 37.3 Å². The average Bonchev–Trinajstić information content (AvgIpc) is 2.99. The quantitative estimate of drug-likeness (QED) is 0.840. The van der Waals surface area contributed by atoms with Gasteiger partial charge in [0.1, 0.15) is 5.82 Å². The molecule has 1 aliphatic carbocycles. The van der Waals surface area contributed by atoms with Crippen molar-refractivity contribution in [2.45, 2.75) is 57.3 Å². The molecule has 1 aromatic rings. The summed E-state index contributed by atoms with van der Waals surface area (Å²) in [6.45, 7) is 1.69. The Bertz CT molecular complexity index is 794. The van der Waals surface area contributed by atoms with E-state index in [0.717, 1.165) is 19.3 Å². The lowest BCUT2D eigenvalue weighted by Gasteiger charge is -2.42. The highest BCUT2D eigenvalue weighted by molar-refractivity contribution is 5.94. The van der Waals surface area contributed by atoms with E-state index in [9.17, 15) is 18.0 Å². The van der Waals surface area contributed by atoms with Gasteiger partial charge < -0.3 is 5.32 Å². The zero-order valence-corrected chi connectivity index (χ0v) is 15.1. The van der Waals surface area contributed by atoms with Crippen LogP contribution in [0, 0.1) is 0 Å². The molecule has 27 heavy (non-hydrogen) atoms. The zero-order chi connectivity index (χ0) is 19.2. The van der Waals surface area contributed by atoms with Crippen LogP contribution in [0.15, 0.2) is 47.9 Å². The number of alkyl halides is 3. The summed E-state index contributed by atoms with van der Waals surface area (Å²) < 4.78 is 42.9. The SMILES string of the molecule is CC1=CC(=O)N2C(=C(c3ccccc3)C(C(F)(F)F)N2C2CCCCC2)N1. The monoisotopic (exact) mass is 377 g/mol. The molecule has 1 saturated carbocycles. The van der Waals surface area contributed by atoms with Crippen LogP contribution in [-0.4, -0.2) is 34.2 Å². The number of halogens is 3. The largest absolute Gasteiger partial charge is 0.410 e. The summed E-state index contributed by atoms with van der Waals surface area (Å²) in [5.74, 6) is -0.189. The Morgan fingerprint density at radius 2 is 1.74 bits per heavy atom. The van der Waals surface area contributed by atoms with Crippen LogP contribution in [0.4, 0.5) is 13.2 Å². The van der Waals surface area contributed by atoms with Gasteiger partial charge in [-0.05, 0) is 25.3 Å². The van der Waals surface area contributed by atoms with E-state index < -0.39 is 18.1 Å². The molecule has 1 atom stereocenters. The lowest BCUT2D eigenvalue weighted by molar-refractivity contribution is -0.204. The van der Waals surface area contributed by atoms with Crippen LogP contribution in [0.2, 0.25) is 0 Å². The van der Waals surface area contributed by atoms with Crippen LogP contribution in [0.1, 0.15) is 44.6 Å². The van der Waals surface area contributed by atoms with Gasteiger partial charge in [0.25, 0.3) is 5.91 Å². The number of benzene rings is 1. The summed E-state index contributed by atoms with van der Waals surface area (Å²) in [5, 5.41) is 5.55. The van der Waals surface area contributed by atoms with Gasteiger partial charge in [0.15, 0.2) is 6.04 Å². The van der Waals surface area contributed by atoms with Gasteiger partial charge in [0, 0.05) is 23.4 Å². The van der Waals surface area contributed by atoms with Gasteiger partial charge in [0.2, 0.25) is 0 Å². The summed E-state index contributed by atoms with van der Waals surface area (Å²) >= 11 is 0. The first-order chi connectivity index (χ1) is 12.9. The van der Waals surface area contributed by atoms with Gasteiger partial charge >= 0.3 is 6.18 Å². The molecule has 0 bridgehead atoms. The minimum atomic E-state index is -4.50. The molecule has 144 valence electrons. The van der Waals surface area contributed by atoms with Gasteiger partial charge in [-0.25, -0.2) is 5.01 Å². The molecular weight excluding hydrogens is 355 g/mol. The number of carbonyl (C=O) groups is 1. The highest BCUT2D eigenvalue weighted by atomic mass is 19.4. The van der Waals surface area contributed by atoms with E-state index in [1.165, 1.54) is 16.1 Å². The molecule has 2 aliphatic heterocycles. The van der Waals surface area contributed by atoms with Gasteiger partial charge in [-0.3, -0.25) is 4.79 Å². The second-order valence-electron chi connectivity index (χ2n) is 7.35. The molecule has 0 aromatic heterocycles. The van der Waals surface area contributed by atoms with Crippen LogP contribution in [0.25, 0.3) is 5.57 Å². The van der Waals surface area contributed by atoms with Crippen molar-refractivity contribution >= 4 is 11.5 Å². The van der Waals surface area contributed by atoms with Crippen molar-refractivity contribution in [3.05, 3.63) is 53.5 Å². The minimum Gasteiger partial charge on any atom is -0.344 e. The van der Waals surface area contributed by atoms with Crippen molar-refractivity contribution < 1.29 is 18.0 Å². The van der Waals surface area contributed by atoms with Crippen LogP contribution in [0.3, 0.4) is 0 Å². The molecule has 3 aliphatic rings. The van der Waals surface area contributed by atoms with Crippen LogP contribution in [0.5, 0.6) is 0 Å². The van der Waals surface area contributed by atoms with Gasteiger partial charge in [-0.1, -0.05) is 49.6 Å². The zero-order valence-electron chi connectivity index (χ0n) is 15.1. The van der Waals surface area contributed by atoms with Crippen molar-refractivity contribution in [3.63, 3.8) is 0 Å². The average molecular weight is 377 g/mol. The molecule has 4 rings (SSSR count). The second kappa shape index (κ2) is 6.71. The number of nitrogens with zero attached hydrogens (tertiary/aromatic N) is 2. The van der Waals surface area contributed by atoms with Crippen LogP contribution >= 0.6 is 0 Å². The van der Waals surface area contributed by atoms with Gasteiger partial charge in [0.05, 0.1) is 0 Å². The van der Waals surface area contributed by atoms with Crippen molar-refractivity contribution in [1.29, 1.82) is 0 Å². The number of nitrogens with one attached hydrogen (secondary N) is 1. The Morgan fingerprint density at radius 1 is 1.07 bits per heavy atom. The molecule has 0 spiro atoms. The highest BCUT2D eigenvalue weighted by Gasteiger charge is 2.57. The van der Waals surface area contributed by atoms with E-state index in [1.807, 2.05) is 0 Å². The van der Waals surface area contributed by atoms with E-state index >= 15 is 0 Å². The molecule has 1 N–H and O–H groups in total. The fourth-order valence-corrected chi connectivity index (χ4v) is 4.37. The molecule has 1 unspecified atom stereocenters. The summed E-state index contributed by atoms with van der Waals surface area (Å²) in [4.78, 5) is 12.8. The van der Waals surface area contributed by atoms with E-state index in [4.69, 9.17) is 0 Å². The Hall–Kier alpha value is -2.28. The Balaban J connectivity index is 1.89. The van der Waals surface area contributed by atoms with E-state index in [-0.39, 0.29) is 17.4 Å². The summed E-state index contributed by atoms with van der Waals surface area (Å²) in [5.41, 5.74) is 1.15. The van der Waals surface area contributed by atoms with Gasteiger partial charge in [-0.2, -0.15) is 18.2 Å². The Morgan fingerprint density at radius 3 is 2.37 bits per heavy atom. The number of allylic oxidation sites excluding steroid dienone is 1. The van der Waals surface area contributed by atoms with Gasteiger partial charge in [-0.15, -0.1) is 0 Å². The fraction of sp³-hybridized carbons (Fsp3) is 0.450. The molecule has 1 amide bonds. The third-order valence-corrected chi connectivity index (χ3v) is 5.44. The molecule has 1 aromatic carbocycles. The smallest absolute Gasteiger partial charge is 0.344 e. The van der Waals surface area contributed by atoms with Crippen molar-refractivity contribution in [1.82, 2.24) is 15.3 Å². The Kier molecular flexibility index (Phi) is 4.50. The molecule has 4 nitrogen and oxygen atoms in total. The molecule has 1 fully saturated rings. The van der Waals surface area contributed by atoms with E-state index in [0.29, 0.717) is 24.1 Å². The molecular formula is C20H22F3N3O. The maximum Gasteiger partial charge on any atom is 0.410 e. The summed E-state index contributed by atoms with van der Waals surface area (Å²) in [6, 6.07) is 6.41. The maximum atomic E-state index is 14.3. The highest BCUT2D eigenvalue weighted by Crippen LogP contribution is 2.47. The van der Waals surface area contributed by atoms with Crippen molar-refractivity contribution in [3.8, 4) is 0 Å². The second-order valence-corrected chi connectivity index (χ2v) is 7.35. The lowest BCUT2D eigenvalue weighted by atomic mass is 9.92. The van der Waals surface area contributed by atoms with E-state index in [2.05, 4.69) is 5.32 Å². The summed E-state index contributed by atoms with van der Waals surface area (Å²) in [6.07, 6.45) is 0.975. The van der Waals surface area contributed by atoms with Crippen molar-refractivity contribution in [2.24, 2.45) is 0 Å². The third-order valence-electron chi connectivity index (χ3n) is 5.44. The number of hydrogen-bond donors (Lipinski definition) is 1. The predicted octanol–water partition coefficient (Wildman–Crippen LogP) is 4.19. The number of carbonyl (C=O) groups excluding carboxylic acids is 1. The number of rotatable bonds is 2. The Labute approximate surface area is 156 Å². The maximum absolute atomic E-state index is 14.3. The lowest BCUT2D eigenvalue weighted by Crippen LogP contribution is -2.57. The normalized spacial score (nSPS) is 24.7. The number of hydrazine groups is 1. The summed E-state index contributed by atoms with van der Waals surface area (Å²) in [7, 11) is 0. The number of fused-ring (bicyclic) bond motifs is 1. The standard InChI is InChI=1S/C20H22F3N3O/c1-13-12-16(27)26-19(24-13)17(14-8-4-2-5-9-14)18(20(21,22)23)25(26)15-10-6-3-7-11-15/h2,4-5,8-9,12,15,18,24H,3,6-7,10-11H2,1H3. The molecule has 7 heteroatoms. The molecule has 0 saturated heterocycles. The predicted molar refractivity (Wildman–Crippen MR) is 95.7 cm³/mol. The number of amides is 1. The first-order valence-corrected chi connectivity index (χ1v) is 9.32. The molecule has 0 radical (unpaired) electrons. The first kappa shape index (κ1) is 18.1.